The molecule has 0 saturated heterocycles. The lowest BCUT2D eigenvalue weighted by molar-refractivity contribution is 0.0388. The van der Waals surface area contributed by atoms with Gasteiger partial charge >= 0.3 is 0 Å². The van der Waals surface area contributed by atoms with Crippen LogP contribution in [0.3, 0.4) is 0 Å². The van der Waals surface area contributed by atoms with Crippen molar-refractivity contribution in [3.05, 3.63) is 53.7 Å². The Bertz CT molecular complexity index is 956. The molecule has 0 saturated carbocycles. The molecule has 1 aliphatic rings. The number of rotatable bonds is 4. The van der Waals surface area contributed by atoms with Gasteiger partial charge in [-0.05, 0) is 13.0 Å². The van der Waals surface area contributed by atoms with Crippen molar-refractivity contribution in [3.8, 4) is 0 Å². The number of aromatic nitrogens is 3. The smallest absolute Gasteiger partial charge is 0.256 e. The van der Waals surface area contributed by atoms with Crippen LogP contribution in [0.15, 0.2) is 36.8 Å². The lowest BCUT2D eigenvalue weighted by Gasteiger charge is -2.35. The number of hydrogen-bond acceptors (Lipinski definition) is 3. The number of fused-ring (bicyclic) bond motifs is 2. The highest BCUT2D eigenvalue weighted by Gasteiger charge is 2.33. The third-order valence-corrected chi connectivity index (χ3v) is 5.24. The lowest BCUT2D eigenvalue weighted by Crippen LogP contribution is -2.47. The number of aryl methyl sites for hydroxylation is 2. The number of para-hydroxylation sites is 1. The monoisotopic (exact) mass is 352 g/mol. The summed E-state index contributed by atoms with van der Waals surface area (Å²) >= 11 is 0. The Morgan fingerprint density at radius 3 is 2.88 bits per heavy atom. The first-order valence-electron chi connectivity index (χ1n) is 9.02. The molecular weight excluding hydrogens is 328 g/mol. The summed E-state index contributed by atoms with van der Waals surface area (Å²) in [5.74, 6) is 0.0443. The van der Waals surface area contributed by atoms with Crippen LogP contribution in [0.4, 0.5) is 0 Å². The van der Waals surface area contributed by atoms with Crippen molar-refractivity contribution >= 4 is 16.8 Å². The minimum atomic E-state index is 0.0179. The van der Waals surface area contributed by atoms with Crippen molar-refractivity contribution in [1.29, 1.82) is 0 Å². The Morgan fingerprint density at radius 1 is 1.27 bits per heavy atom. The highest BCUT2D eigenvalue weighted by atomic mass is 16.5. The van der Waals surface area contributed by atoms with Crippen molar-refractivity contribution in [3.63, 3.8) is 0 Å². The van der Waals surface area contributed by atoms with E-state index in [0.717, 1.165) is 28.6 Å². The Labute approximate surface area is 153 Å². The second-order valence-electron chi connectivity index (χ2n) is 6.87. The Balaban J connectivity index is 1.72. The van der Waals surface area contributed by atoms with Gasteiger partial charge in [0.2, 0.25) is 0 Å². The SMILES string of the molecule is CCOCC1Cc2c(ncn2C)CN1C(=O)c1cn(C)c2ccccc12. The van der Waals surface area contributed by atoms with Gasteiger partial charge in [-0.15, -0.1) is 0 Å². The molecule has 0 N–H and O–H groups in total. The maximum absolute atomic E-state index is 13.4. The van der Waals surface area contributed by atoms with E-state index in [1.54, 1.807) is 0 Å². The van der Waals surface area contributed by atoms with Gasteiger partial charge in [0.25, 0.3) is 5.91 Å². The van der Waals surface area contributed by atoms with Crippen LogP contribution < -0.4 is 0 Å². The van der Waals surface area contributed by atoms with Gasteiger partial charge in [0.15, 0.2) is 0 Å². The molecule has 0 bridgehead atoms. The van der Waals surface area contributed by atoms with Crippen molar-refractivity contribution in [2.75, 3.05) is 13.2 Å². The number of hydrogen-bond donors (Lipinski definition) is 0. The van der Waals surface area contributed by atoms with Crippen LogP contribution >= 0.6 is 0 Å². The Kier molecular flexibility index (Phi) is 4.28. The molecule has 1 unspecified atom stereocenters. The summed E-state index contributed by atoms with van der Waals surface area (Å²) in [4.78, 5) is 19.9. The molecule has 26 heavy (non-hydrogen) atoms. The zero-order valence-corrected chi connectivity index (χ0v) is 15.5. The minimum absolute atomic E-state index is 0.0179. The molecule has 2 aromatic heterocycles. The van der Waals surface area contributed by atoms with E-state index in [4.69, 9.17) is 4.74 Å². The van der Waals surface area contributed by atoms with E-state index >= 15 is 0 Å². The van der Waals surface area contributed by atoms with Crippen molar-refractivity contribution in [1.82, 2.24) is 19.0 Å². The molecule has 1 amide bonds. The summed E-state index contributed by atoms with van der Waals surface area (Å²) in [5, 5.41) is 0.988. The molecular formula is C20H24N4O2. The maximum Gasteiger partial charge on any atom is 0.256 e. The number of nitrogens with zero attached hydrogens (tertiary/aromatic N) is 4. The standard InChI is InChI=1S/C20H24N4O2/c1-4-26-12-14-9-19-17(21-13-23(19)3)11-24(14)20(25)16-10-22(2)18-8-6-5-7-15(16)18/h5-8,10,13-14H,4,9,11-12H2,1-3H3. The van der Waals surface area contributed by atoms with Gasteiger partial charge in [-0.25, -0.2) is 4.98 Å². The largest absolute Gasteiger partial charge is 0.380 e. The molecule has 136 valence electrons. The molecule has 6 nitrogen and oxygen atoms in total. The fraction of sp³-hybridized carbons (Fsp3) is 0.400. The van der Waals surface area contributed by atoms with Crippen molar-refractivity contribution < 1.29 is 9.53 Å². The highest BCUT2D eigenvalue weighted by molar-refractivity contribution is 6.07. The van der Waals surface area contributed by atoms with Crippen LogP contribution in [0, 0.1) is 0 Å². The number of imidazole rings is 1. The average molecular weight is 352 g/mol. The first-order valence-corrected chi connectivity index (χ1v) is 9.02. The van der Waals surface area contributed by atoms with E-state index in [2.05, 4.69) is 4.98 Å². The normalized spacial score (nSPS) is 16.9. The van der Waals surface area contributed by atoms with E-state index in [1.165, 1.54) is 5.69 Å². The van der Waals surface area contributed by atoms with Gasteiger partial charge < -0.3 is 18.8 Å². The molecule has 1 aromatic carbocycles. The summed E-state index contributed by atoms with van der Waals surface area (Å²) in [7, 11) is 3.98. The Hall–Kier alpha value is -2.60. The fourth-order valence-electron chi connectivity index (χ4n) is 3.83. The number of amides is 1. The molecule has 0 fully saturated rings. The van der Waals surface area contributed by atoms with E-state index in [9.17, 15) is 4.79 Å². The van der Waals surface area contributed by atoms with Gasteiger partial charge in [0.05, 0.1) is 36.8 Å². The minimum Gasteiger partial charge on any atom is -0.380 e. The van der Waals surface area contributed by atoms with Crippen molar-refractivity contribution in [2.24, 2.45) is 14.1 Å². The van der Waals surface area contributed by atoms with Crippen molar-refractivity contribution in [2.45, 2.75) is 25.9 Å². The van der Waals surface area contributed by atoms with Gasteiger partial charge in [-0.3, -0.25) is 4.79 Å². The van der Waals surface area contributed by atoms with E-state index in [-0.39, 0.29) is 11.9 Å². The molecule has 0 aliphatic carbocycles. The van der Waals surface area contributed by atoms with Gasteiger partial charge in [0, 0.05) is 49.9 Å². The summed E-state index contributed by atoms with van der Waals surface area (Å²) < 4.78 is 9.74. The van der Waals surface area contributed by atoms with Crippen LogP contribution in [-0.4, -0.2) is 44.2 Å². The first-order chi connectivity index (χ1) is 12.6. The molecule has 3 aromatic rings. The van der Waals surface area contributed by atoms with Crippen LogP contribution in [0.2, 0.25) is 0 Å². The fourth-order valence-corrected chi connectivity index (χ4v) is 3.83. The third kappa shape index (κ3) is 2.70. The number of ether oxygens (including phenoxy) is 1. The second-order valence-corrected chi connectivity index (χ2v) is 6.87. The predicted octanol–water partition coefficient (Wildman–Crippen LogP) is 2.52. The van der Waals surface area contributed by atoms with E-state index in [1.807, 2.05) is 71.8 Å². The average Bonchev–Trinajstić information content (AvgIpc) is 3.19. The topological polar surface area (TPSA) is 52.3 Å². The summed E-state index contributed by atoms with van der Waals surface area (Å²) in [6, 6.07) is 8.04. The van der Waals surface area contributed by atoms with E-state index in [0.29, 0.717) is 19.8 Å². The number of carbonyl (C=O) groups excluding carboxylic acids is 1. The summed E-state index contributed by atoms with van der Waals surface area (Å²) in [5.41, 5.74) is 3.97. The van der Waals surface area contributed by atoms with Crippen LogP contribution in [-0.2, 0) is 31.8 Å². The molecule has 4 rings (SSSR count). The van der Waals surface area contributed by atoms with Gasteiger partial charge in [0.1, 0.15) is 0 Å². The molecule has 1 atom stereocenters. The maximum atomic E-state index is 13.4. The molecule has 6 heteroatoms. The van der Waals surface area contributed by atoms with Crippen LogP contribution in [0.1, 0.15) is 28.7 Å². The second kappa shape index (κ2) is 6.61. The zero-order valence-electron chi connectivity index (χ0n) is 15.5. The summed E-state index contributed by atoms with van der Waals surface area (Å²) in [6.07, 6.45) is 4.52. The Morgan fingerprint density at radius 2 is 2.08 bits per heavy atom. The predicted molar refractivity (Wildman–Crippen MR) is 100.0 cm³/mol. The summed E-state index contributed by atoms with van der Waals surface area (Å²) in [6.45, 7) is 3.69. The van der Waals surface area contributed by atoms with Gasteiger partial charge in [-0.1, -0.05) is 18.2 Å². The first kappa shape index (κ1) is 16.8. The highest BCUT2D eigenvalue weighted by Crippen LogP contribution is 2.27. The van der Waals surface area contributed by atoms with Crippen LogP contribution in [0.5, 0.6) is 0 Å². The quantitative estimate of drug-likeness (QED) is 0.725. The van der Waals surface area contributed by atoms with Crippen LogP contribution in [0.25, 0.3) is 10.9 Å². The molecule has 3 heterocycles. The number of benzene rings is 1. The third-order valence-electron chi connectivity index (χ3n) is 5.24. The zero-order chi connectivity index (χ0) is 18.3. The van der Waals surface area contributed by atoms with Gasteiger partial charge in [-0.2, -0.15) is 0 Å². The number of carbonyl (C=O) groups is 1. The molecule has 1 aliphatic heterocycles. The molecule has 0 radical (unpaired) electrons. The molecule has 0 spiro atoms. The van der Waals surface area contributed by atoms with E-state index < -0.39 is 0 Å². The lowest BCUT2D eigenvalue weighted by atomic mass is 10.0.